The molecule has 0 bridgehead atoms. The van der Waals surface area contributed by atoms with E-state index in [2.05, 4.69) is 12.1 Å². The predicted molar refractivity (Wildman–Crippen MR) is 116 cm³/mol. The van der Waals surface area contributed by atoms with Gasteiger partial charge in [0.2, 0.25) is 0 Å². The van der Waals surface area contributed by atoms with Gasteiger partial charge in [-0.3, -0.25) is 4.79 Å². The first-order valence-corrected chi connectivity index (χ1v) is 11.0. The minimum absolute atomic E-state index is 0.0583. The first-order valence-electron chi connectivity index (χ1n) is 10.7. The molecule has 2 atom stereocenters. The zero-order valence-electron chi connectivity index (χ0n) is 17.3. The molecule has 1 aliphatic carbocycles. The molecular weight excluding hydrogens is 402 g/mol. The summed E-state index contributed by atoms with van der Waals surface area (Å²) in [5.41, 5.74) is 2.83. The Hall–Kier alpha value is -2.24. The topological polar surface area (TPSA) is 48.0 Å². The molecule has 2 unspecified atom stereocenters. The molecule has 5 nitrogen and oxygen atoms in total. The molecule has 0 spiro atoms. The van der Waals surface area contributed by atoms with Crippen LogP contribution in [0, 0.1) is 0 Å². The molecule has 1 heterocycles. The average Bonchev–Trinajstić information content (AvgIpc) is 2.77. The molecular formula is C24H28ClNO4. The number of aryl methyl sites for hydroxylation is 2. The van der Waals surface area contributed by atoms with Gasteiger partial charge in [-0.05, 0) is 74.1 Å². The number of benzene rings is 2. The van der Waals surface area contributed by atoms with Crippen molar-refractivity contribution in [3.63, 3.8) is 0 Å². The van der Waals surface area contributed by atoms with Crippen molar-refractivity contribution in [1.29, 1.82) is 0 Å². The number of hydrogen-bond acceptors (Lipinski definition) is 4. The van der Waals surface area contributed by atoms with Crippen molar-refractivity contribution in [3.05, 3.63) is 58.6 Å². The lowest BCUT2D eigenvalue weighted by Crippen LogP contribution is -2.51. The summed E-state index contributed by atoms with van der Waals surface area (Å²) in [6.07, 6.45) is 4.05. The van der Waals surface area contributed by atoms with Gasteiger partial charge in [0, 0.05) is 11.6 Å². The zero-order chi connectivity index (χ0) is 20.9. The molecule has 2 aliphatic rings. The normalized spacial score (nSPS) is 19.7. The highest BCUT2D eigenvalue weighted by Gasteiger charge is 2.29. The number of carbonyl (C=O) groups excluding carboxylic acids is 1. The largest absolute Gasteiger partial charge is 0.491 e. The maximum Gasteiger partial charge on any atom is 0.263 e. The lowest BCUT2D eigenvalue weighted by Gasteiger charge is -2.34. The number of hydrogen-bond donors (Lipinski definition) is 0. The van der Waals surface area contributed by atoms with Crippen LogP contribution in [0.15, 0.2) is 42.5 Å². The van der Waals surface area contributed by atoms with Crippen LogP contribution in [-0.2, 0) is 22.4 Å². The van der Waals surface area contributed by atoms with Crippen molar-refractivity contribution < 1.29 is 19.0 Å². The van der Waals surface area contributed by atoms with E-state index in [1.165, 1.54) is 24.0 Å². The summed E-state index contributed by atoms with van der Waals surface area (Å²) in [5.74, 6) is 1.40. The summed E-state index contributed by atoms with van der Waals surface area (Å²) < 4.78 is 17.6. The third-order valence-corrected chi connectivity index (χ3v) is 5.90. The van der Waals surface area contributed by atoms with E-state index in [1.807, 2.05) is 6.07 Å². The van der Waals surface area contributed by atoms with E-state index < -0.39 is 6.10 Å². The van der Waals surface area contributed by atoms with E-state index in [0.717, 1.165) is 18.6 Å². The van der Waals surface area contributed by atoms with Gasteiger partial charge in [-0.15, -0.1) is 0 Å². The molecule has 1 amide bonds. The highest BCUT2D eigenvalue weighted by Crippen LogP contribution is 2.26. The fraction of sp³-hybridized carbons (Fsp3) is 0.458. The van der Waals surface area contributed by atoms with E-state index >= 15 is 0 Å². The van der Waals surface area contributed by atoms with Crippen LogP contribution >= 0.6 is 11.6 Å². The third-order valence-electron chi connectivity index (χ3n) is 5.66. The van der Waals surface area contributed by atoms with Crippen molar-refractivity contribution >= 4 is 17.5 Å². The molecule has 160 valence electrons. The Bertz CT molecular complexity index is 887. The molecule has 1 fully saturated rings. The van der Waals surface area contributed by atoms with E-state index in [0.29, 0.717) is 37.1 Å². The summed E-state index contributed by atoms with van der Waals surface area (Å²) in [4.78, 5) is 14.6. The van der Waals surface area contributed by atoms with E-state index in [9.17, 15) is 4.79 Å². The lowest BCUT2D eigenvalue weighted by molar-refractivity contribution is -0.146. The first kappa shape index (κ1) is 21.0. The maximum absolute atomic E-state index is 12.8. The first-order chi connectivity index (χ1) is 14.6. The predicted octanol–water partition coefficient (Wildman–Crippen LogP) is 4.29. The minimum Gasteiger partial charge on any atom is -0.491 e. The Morgan fingerprint density at radius 3 is 2.83 bits per heavy atom. The van der Waals surface area contributed by atoms with Crippen molar-refractivity contribution in [3.8, 4) is 11.5 Å². The van der Waals surface area contributed by atoms with Crippen LogP contribution in [0.2, 0.25) is 5.02 Å². The number of nitrogens with zero attached hydrogens (tertiary/aromatic N) is 1. The lowest BCUT2D eigenvalue weighted by atomic mass is 9.92. The Kier molecular flexibility index (Phi) is 6.80. The number of rotatable bonds is 6. The van der Waals surface area contributed by atoms with Crippen molar-refractivity contribution in [2.75, 3.05) is 26.3 Å². The van der Waals surface area contributed by atoms with Gasteiger partial charge in [0.05, 0.1) is 13.2 Å². The van der Waals surface area contributed by atoms with E-state index in [1.54, 1.807) is 36.1 Å². The number of ether oxygens (including phenoxy) is 3. The molecule has 0 saturated carbocycles. The minimum atomic E-state index is -0.594. The molecule has 0 N–H and O–H groups in total. The fourth-order valence-electron chi connectivity index (χ4n) is 4.06. The van der Waals surface area contributed by atoms with Crippen LogP contribution < -0.4 is 9.47 Å². The second-order valence-corrected chi connectivity index (χ2v) is 8.38. The summed E-state index contributed by atoms with van der Waals surface area (Å²) in [6.45, 7) is 3.72. The summed E-state index contributed by atoms with van der Waals surface area (Å²) in [6, 6.07) is 13.5. The van der Waals surface area contributed by atoms with Crippen LogP contribution in [0.25, 0.3) is 0 Å². The Morgan fingerprint density at radius 2 is 2.00 bits per heavy atom. The molecule has 2 aromatic rings. The quantitative estimate of drug-likeness (QED) is 0.687. The van der Waals surface area contributed by atoms with Gasteiger partial charge >= 0.3 is 0 Å². The number of carbonyl (C=O) groups is 1. The third kappa shape index (κ3) is 5.27. The van der Waals surface area contributed by atoms with Gasteiger partial charge < -0.3 is 19.1 Å². The molecule has 1 aliphatic heterocycles. The van der Waals surface area contributed by atoms with Crippen molar-refractivity contribution in [2.24, 2.45) is 0 Å². The highest BCUT2D eigenvalue weighted by molar-refractivity contribution is 6.30. The SMILES string of the molecule is CC(Oc1cccc(Cl)c1)C(=O)N1CCOC(COc2ccc3c(c2)CCCC3)C1. The van der Waals surface area contributed by atoms with Gasteiger partial charge in [0.1, 0.15) is 24.2 Å². The average molecular weight is 430 g/mol. The van der Waals surface area contributed by atoms with Gasteiger partial charge in [0.25, 0.3) is 5.91 Å². The summed E-state index contributed by atoms with van der Waals surface area (Å²) in [7, 11) is 0. The number of fused-ring (bicyclic) bond motifs is 1. The van der Waals surface area contributed by atoms with E-state index in [-0.39, 0.29) is 12.0 Å². The van der Waals surface area contributed by atoms with Crippen LogP contribution in [0.1, 0.15) is 30.9 Å². The smallest absolute Gasteiger partial charge is 0.263 e. The van der Waals surface area contributed by atoms with Crippen molar-refractivity contribution in [2.45, 2.75) is 44.8 Å². The molecule has 4 rings (SSSR count). The molecule has 6 heteroatoms. The van der Waals surface area contributed by atoms with Crippen LogP contribution in [0.3, 0.4) is 0 Å². The highest BCUT2D eigenvalue weighted by atomic mass is 35.5. The molecule has 2 aromatic carbocycles. The zero-order valence-corrected chi connectivity index (χ0v) is 18.1. The van der Waals surface area contributed by atoms with Crippen LogP contribution in [-0.4, -0.2) is 49.3 Å². The van der Waals surface area contributed by atoms with Gasteiger partial charge in [-0.25, -0.2) is 0 Å². The van der Waals surface area contributed by atoms with Crippen LogP contribution in [0.4, 0.5) is 0 Å². The molecule has 0 radical (unpaired) electrons. The monoisotopic (exact) mass is 429 g/mol. The second kappa shape index (κ2) is 9.71. The van der Waals surface area contributed by atoms with Crippen LogP contribution in [0.5, 0.6) is 11.5 Å². The van der Waals surface area contributed by atoms with Crippen molar-refractivity contribution in [1.82, 2.24) is 4.90 Å². The maximum atomic E-state index is 12.8. The van der Waals surface area contributed by atoms with E-state index in [4.69, 9.17) is 25.8 Å². The molecule has 0 aromatic heterocycles. The van der Waals surface area contributed by atoms with Gasteiger partial charge in [-0.2, -0.15) is 0 Å². The Morgan fingerprint density at radius 1 is 1.17 bits per heavy atom. The molecule has 30 heavy (non-hydrogen) atoms. The summed E-state index contributed by atoms with van der Waals surface area (Å²) in [5, 5.41) is 0.581. The number of morpholine rings is 1. The Balaban J connectivity index is 1.30. The number of amides is 1. The van der Waals surface area contributed by atoms with Gasteiger partial charge in [-0.1, -0.05) is 23.7 Å². The molecule has 1 saturated heterocycles. The Labute approximate surface area is 182 Å². The second-order valence-electron chi connectivity index (χ2n) is 7.94. The standard InChI is InChI=1S/C24H28ClNO4/c1-17(30-22-8-4-7-20(25)14-22)24(27)26-11-12-28-23(15-26)16-29-21-10-9-18-5-2-3-6-19(18)13-21/h4,7-10,13-14,17,23H,2-3,5-6,11-12,15-16H2,1H3. The number of halogens is 1. The fourth-order valence-corrected chi connectivity index (χ4v) is 4.24. The van der Waals surface area contributed by atoms with Gasteiger partial charge in [0.15, 0.2) is 6.10 Å². The summed E-state index contributed by atoms with van der Waals surface area (Å²) >= 11 is 5.99.